The monoisotopic (exact) mass is 364 g/mol. The van der Waals surface area contributed by atoms with Crippen LogP contribution in [-0.2, 0) is 5.75 Å². The van der Waals surface area contributed by atoms with Gasteiger partial charge in [-0.15, -0.1) is 10.2 Å². The standard InChI is InChI=1S/C19H16N4O2S/c1-12-7-9-14(10-8-12)18-21-22-19(24-18)26-11-16-20-17(23-25-16)15-6-4-3-5-13(15)2/h3-10H,11H2,1-2H3. The number of nitrogens with zero attached hydrogens (tertiary/aromatic N) is 4. The molecule has 130 valence electrons. The van der Waals surface area contributed by atoms with Gasteiger partial charge in [-0.25, -0.2) is 0 Å². The molecule has 26 heavy (non-hydrogen) atoms. The van der Waals surface area contributed by atoms with E-state index in [1.54, 1.807) is 0 Å². The van der Waals surface area contributed by atoms with E-state index in [1.807, 2.05) is 62.4 Å². The van der Waals surface area contributed by atoms with Crippen molar-refractivity contribution in [3.63, 3.8) is 0 Å². The molecule has 0 amide bonds. The zero-order valence-electron chi connectivity index (χ0n) is 14.3. The van der Waals surface area contributed by atoms with E-state index in [-0.39, 0.29) is 0 Å². The fraction of sp³-hybridized carbons (Fsp3) is 0.158. The van der Waals surface area contributed by atoms with Crippen molar-refractivity contribution in [2.75, 3.05) is 0 Å². The number of hydrogen-bond acceptors (Lipinski definition) is 7. The predicted molar refractivity (Wildman–Crippen MR) is 98.5 cm³/mol. The van der Waals surface area contributed by atoms with Crippen LogP contribution in [0.5, 0.6) is 0 Å². The van der Waals surface area contributed by atoms with Crippen LogP contribution in [0.3, 0.4) is 0 Å². The van der Waals surface area contributed by atoms with Gasteiger partial charge < -0.3 is 8.94 Å². The summed E-state index contributed by atoms with van der Waals surface area (Å²) in [5, 5.41) is 12.7. The second kappa shape index (κ2) is 7.13. The first-order chi connectivity index (χ1) is 12.7. The van der Waals surface area contributed by atoms with Crippen LogP contribution in [0.15, 0.2) is 62.7 Å². The van der Waals surface area contributed by atoms with Gasteiger partial charge in [-0.3, -0.25) is 0 Å². The second-order valence-corrected chi connectivity index (χ2v) is 6.78. The lowest BCUT2D eigenvalue weighted by molar-refractivity contribution is 0.391. The van der Waals surface area contributed by atoms with Gasteiger partial charge in [-0.1, -0.05) is 58.9 Å². The van der Waals surface area contributed by atoms with Crippen LogP contribution >= 0.6 is 11.8 Å². The molecule has 7 heteroatoms. The third-order valence-corrected chi connectivity index (χ3v) is 4.68. The molecule has 0 aliphatic carbocycles. The van der Waals surface area contributed by atoms with Crippen LogP contribution in [0.2, 0.25) is 0 Å². The Morgan fingerprint density at radius 2 is 1.77 bits per heavy atom. The molecule has 0 N–H and O–H groups in total. The van der Waals surface area contributed by atoms with Gasteiger partial charge >= 0.3 is 0 Å². The van der Waals surface area contributed by atoms with Crippen LogP contribution < -0.4 is 0 Å². The molecule has 0 bridgehead atoms. The van der Waals surface area contributed by atoms with Crippen molar-refractivity contribution in [1.82, 2.24) is 20.3 Å². The smallest absolute Gasteiger partial charge is 0.277 e. The number of aryl methyl sites for hydroxylation is 2. The average Bonchev–Trinajstić information content (AvgIpc) is 3.30. The average molecular weight is 364 g/mol. The highest BCUT2D eigenvalue weighted by molar-refractivity contribution is 7.98. The van der Waals surface area contributed by atoms with Gasteiger partial charge in [0.2, 0.25) is 17.6 Å². The molecule has 0 unspecified atom stereocenters. The lowest BCUT2D eigenvalue weighted by Gasteiger charge is -1.97. The van der Waals surface area contributed by atoms with Crippen molar-refractivity contribution in [2.45, 2.75) is 24.8 Å². The zero-order chi connectivity index (χ0) is 17.9. The maximum Gasteiger partial charge on any atom is 0.277 e. The summed E-state index contributed by atoms with van der Waals surface area (Å²) in [6.07, 6.45) is 0. The molecule has 6 nitrogen and oxygen atoms in total. The molecular weight excluding hydrogens is 348 g/mol. The molecule has 0 aliphatic heterocycles. The minimum absolute atomic E-state index is 0.467. The van der Waals surface area contributed by atoms with Crippen molar-refractivity contribution >= 4 is 11.8 Å². The van der Waals surface area contributed by atoms with Crippen molar-refractivity contribution in [1.29, 1.82) is 0 Å². The maximum absolute atomic E-state index is 5.69. The largest absolute Gasteiger partial charge is 0.411 e. The molecule has 0 aliphatic rings. The van der Waals surface area contributed by atoms with Gasteiger partial charge in [0.25, 0.3) is 5.22 Å². The molecule has 0 atom stereocenters. The highest BCUT2D eigenvalue weighted by Gasteiger charge is 2.13. The van der Waals surface area contributed by atoms with E-state index >= 15 is 0 Å². The predicted octanol–water partition coefficient (Wildman–Crippen LogP) is 4.70. The van der Waals surface area contributed by atoms with Crippen molar-refractivity contribution in [2.24, 2.45) is 0 Å². The van der Waals surface area contributed by atoms with Crippen LogP contribution in [0, 0.1) is 13.8 Å². The van der Waals surface area contributed by atoms with Crippen LogP contribution in [0.25, 0.3) is 22.8 Å². The summed E-state index contributed by atoms with van der Waals surface area (Å²) in [6.45, 7) is 4.06. The first-order valence-corrected chi connectivity index (χ1v) is 9.09. The van der Waals surface area contributed by atoms with Crippen molar-refractivity contribution < 1.29 is 8.94 Å². The Morgan fingerprint density at radius 3 is 2.58 bits per heavy atom. The molecule has 2 aromatic heterocycles. The van der Waals surface area contributed by atoms with Crippen molar-refractivity contribution in [3.05, 3.63) is 65.5 Å². The topological polar surface area (TPSA) is 77.8 Å². The van der Waals surface area contributed by atoms with E-state index in [2.05, 4.69) is 20.3 Å². The van der Waals surface area contributed by atoms with Crippen molar-refractivity contribution in [3.8, 4) is 22.8 Å². The molecule has 0 saturated heterocycles. The summed E-state index contributed by atoms with van der Waals surface area (Å²) in [5.41, 5.74) is 4.15. The van der Waals surface area contributed by atoms with Gasteiger partial charge in [-0.05, 0) is 31.5 Å². The molecular formula is C19H16N4O2S. The third kappa shape index (κ3) is 3.52. The van der Waals surface area contributed by atoms with Crippen LogP contribution in [0.4, 0.5) is 0 Å². The normalized spacial score (nSPS) is 11.0. The SMILES string of the molecule is Cc1ccc(-c2nnc(SCc3nc(-c4ccccc4C)no3)o2)cc1. The quantitative estimate of drug-likeness (QED) is 0.475. The Kier molecular flexibility index (Phi) is 4.53. The summed E-state index contributed by atoms with van der Waals surface area (Å²) in [4.78, 5) is 4.44. The fourth-order valence-corrected chi connectivity index (χ4v) is 3.05. The first kappa shape index (κ1) is 16.5. The zero-order valence-corrected chi connectivity index (χ0v) is 15.2. The maximum atomic E-state index is 5.69. The Hall–Kier alpha value is -2.93. The third-order valence-electron chi connectivity index (χ3n) is 3.88. The Morgan fingerprint density at radius 1 is 0.962 bits per heavy atom. The molecule has 0 saturated carbocycles. The Labute approximate surface area is 154 Å². The minimum Gasteiger partial charge on any atom is -0.411 e. The highest BCUT2D eigenvalue weighted by Crippen LogP contribution is 2.26. The van der Waals surface area contributed by atoms with Gasteiger partial charge in [0.15, 0.2) is 0 Å². The summed E-state index contributed by atoms with van der Waals surface area (Å²) >= 11 is 1.37. The van der Waals surface area contributed by atoms with E-state index in [1.165, 1.54) is 17.3 Å². The molecule has 0 spiro atoms. The van der Waals surface area contributed by atoms with Crippen LogP contribution in [-0.4, -0.2) is 20.3 Å². The van der Waals surface area contributed by atoms with E-state index in [9.17, 15) is 0 Å². The Bertz CT molecular complexity index is 1020. The lowest BCUT2D eigenvalue weighted by atomic mass is 10.1. The highest BCUT2D eigenvalue weighted by atomic mass is 32.2. The van der Waals surface area contributed by atoms with Crippen LogP contribution in [0.1, 0.15) is 17.0 Å². The molecule has 0 fully saturated rings. The van der Waals surface area contributed by atoms with Gasteiger partial charge in [-0.2, -0.15) is 4.98 Å². The number of thioether (sulfide) groups is 1. The lowest BCUT2D eigenvalue weighted by Crippen LogP contribution is -1.85. The molecule has 4 rings (SSSR count). The second-order valence-electron chi connectivity index (χ2n) is 5.85. The number of hydrogen-bond donors (Lipinski definition) is 0. The summed E-state index contributed by atoms with van der Waals surface area (Å²) < 4.78 is 11.0. The molecule has 0 radical (unpaired) electrons. The molecule has 2 aromatic carbocycles. The summed E-state index contributed by atoms with van der Waals surface area (Å²) in [7, 11) is 0. The molecule has 4 aromatic rings. The van der Waals surface area contributed by atoms with E-state index in [4.69, 9.17) is 8.94 Å². The fourth-order valence-electron chi connectivity index (χ4n) is 2.45. The minimum atomic E-state index is 0.467. The number of rotatable bonds is 5. The molecule has 2 heterocycles. The van der Waals surface area contributed by atoms with E-state index < -0.39 is 0 Å². The van der Waals surface area contributed by atoms with Gasteiger partial charge in [0.05, 0.1) is 5.75 Å². The number of aromatic nitrogens is 4. The van der Waals surface area contributed by atoms with E-state index in [0.717, 1.165) is 16.7 Å². The van der Waals surface area contributed by atoms with Gasteiger partial charge in [0, 0.05) is 11.1 Å². The summed E-state index contributed by atoms with van der Waals surface area (Å²) in [5.74, 6) is 2.07. The summed E-state index contributed by atoms with van der Waals surface area (Å²) in [6, 6.07) is 15.9. The van der Waals surface area contributed by atoms with E-state index in [0.29, 0.717) is 28.6 Å². The Balaban J connectivity index is 1.44. The number of benzene rings is 2. The first-order valence-electron chi connectivity index (χ1n) is 8.11. The van der Waals surface area contributed by atoms with Gasteiger partial charge in [0.1, 0.15) is 0 Å².